The Bertz CT molecular complexity index is 600. The quantitative estimate of drug-likeness (QED) is 0.770. The molecule has 0 aromatic heterocycles. The van der Waals surface area contributed by atoms with E-state index >= 15 is 0 Å². The molecule has 2 rings (SSSR count). The van der Waals surface area contributed by atoms with Gasteiger partial charge in [-0.3, -0.25) is 9.59 Å². The molecule has 1 aliphatic rings. The van der Waals surface area contributed by atoms with E-state index < -0.39 is 0 Å². The van der Waals surface area contributed by atoms with Crippen molar-refractivity contribution in [1.29, 1.82) is 0 Å². The lowest BCUT2D eigenvalue weighted by molar-refractivity contribution is -0.140. The van der Waals surface area contributed by atoms with Crippen LogP contribution in [0.1, 0.15) is 24.5 Å². The number of likely N-dealkylation sites (N-methyl/N-ethyl adjacent to an activating group) is 1. The number of fused-ring (bicyclic) bond motifs is 1. The van der Waals surface area contributed by atoms with Gasteiger partial charge in [-0.05, 0) is 36.1 Å². The number of carbonyl (C=O) groups is 2. The van der Waals surface area contributed by atoms with Crippen LogP contribution in [0.4, 0.5) is 0 Å². The van der Waals surface area contributed by atoms with E-state index in [4.69, 9.17) is 0 Å². The lowest BCUT2D eigenvalue weighted by Gasteiger charge is -2.37. The third-order valence-electron chi connectivity index (χ3n) is 4.15. The zero-order valence-electron chi connectivity index (χ0n) is 13.0. The number of amides is 2. The number of carbonyl (C=O) groups excluding carboxylic acids is 2. The van der Waals surface area contributed by atoms with E-state index in [0.29, 0.717) is 6.54 Å². The van der Waals surface area contributed by atoms with Crippen LogP contribution < -0.4 is 0 Å². The second kappa shape index (κ2) is 7.09. The molecule has 0 aliphatic carbocycles. The molecule has 0 N–H and O–H groups in total. The molecular formula is C17H21BrN2O2. The van der Waals surface area contributed by atoms with Crippen LogP contribution in [0.25, 0.3) is 0 Å². The van der Waals surface area contributed by atoms with Crippen molar-refractivity contribution in [3.05, 3.63) is 46.5 Å². The molecule has 1 unspecified atom stereocenters. The SMILES string of the molecule is C=CC(=O)N(C)CC(=O)N1Cc2cccc(Br)c2CC1CC. The highest BCUT2D eigenvalue weighted by molar-refractivity contribution is 9.10. The highest BCUT2D eigenvalue weighted by Crippen LogP contribution is 2.30. The molecule has 1 aliphatic heterocycles. The second-order valence-electron chi connectivity index (χ2n) is 5.56. The van der Waals surface area contributed by atoms with E-state index in [1.54, 1.807) is 7.05 Å². The van der Waals surface area contributed by atoms with Gasteiger partial charge in [-0.2, -0.15) is 0 Å². The number of nitrogens with zero attached hydrogens (tertiary/aromatic N) is 2. The van der Waals surface area contributed by atoms with Crippen LogP contribution in [0.15, 0.2) is 35.3 Å². The maximum absolute atomic E-state index is 12.6. The van der Waals surface area contributed by atoms with Crippen LogP contribution in [-0.4, -0.2) is 41.2 Å². The molecular weight excluding hydrogens is 344 g/mol. The van der Waals surface area contributed by atoms with Crippen LogP contribution in [0, 0.1) is 0 Å². The van der Waals surface area contributed by atoms with Gasteiger partial charge >= 0.3 is 0 Å². The standard InChI is InChI=1S/C17H21BrN2O2/c1-4-13-9-14-12(7-6-8-15(14)18)10-20(13)17(22)11-19(3)16(21)5-2/h5-8,13H,2,4,9-11H2,1,3H3. The first-order chi connectivity index (χ1) is 10.5. The summed E-state index contributed by atoms with van der Waals surface area (Å²) in [6.45, 7) is 6.23. The molecule has 1 atom stereocenters. The summed E-state index contributed by atoms with van der Waals surface area (Å²) < 4.78 is 1.11. The Morgan fingerprint density at radius 2 is 2.23 bits per heavy atom. The van der Waals surface area contributed by atoms with Gasteiger partial charge < -0.3 is 9.80 Å². The van der Waals surface area contributed by atoms with E-state index in [1.165, 1.54) is 22.1 Å². The van der Waals surface area contributed by atoms with Crippen molar-refractivity contribution in [1.82, 2.24) is 9.80 Å². The highest BCUT2D eigenvalue weighted by atomic mass is 79.9. The largest absolute Gasteiger partial charge is 0.334 e. The molecule has 0 spiro atoms. The Kier molecular flexibility index (Phi) is 5.40. The lowest BCUT2D eigenvalue weighted by Crippen LogP contribution is -2.48. The number of benzene rings is 1. The Labute approximate surface area is 139 Å². The van der Waals surface area contributed by atoms with E-state index in [9.17, 15) is 9.59 Å². The predicted octanol–water partition coefficient (Wildman–Crippen LogP) is 2.76. The maximum Gasteiger partial charge on any atom is 0.246 e. The summed E-state index contributed by atoms with van der Waals surface area (Å²) >= 11 is 3.60. The number of halogens is 1. The molecule has 0 bridgehead atoms. The molecule has 1 aromatic carbocycles. The molecule has 4 nitrogen and oxygen atoms in total. The van der Waals surface area contributed by atoms with Crippen molar-refractivity contribution >= 4 is 27.7 Å². The Hall–Kier alpha value is -1.62. The highest BCUT2D eigenvalue weighted by Gasteiger charge is 2.30. The van der Waals surface area contributed by atoms with Crippen molar-refractivity contribution < 1.29 is 9.59 Å². The average Bonchev–Trinajstić information content (AvgIpc) is 2.53. The normalized spacial score (nSPS) is 16.9. The summed E-state index contributed by atoms with van der Waals surface area (Å²) in [4.78, 5) is 27.4. The second-order valence-corrected chi connectivity index (χ2v) is 6.42. The van der Waals surface area contributed by atoms with E-state index in [0.717, 1.165) is 17.3 Å². The maximum atomic E-state index is 12.6. The Balaban J connectivity index is 2.18. The summed E-state index contributed by atoms with van der Waals surface area (Å²) in [7, 11) is 1.62. The van der Waals surface area contributed by atoms with Crippen molar-refractivity contribution in [3.8, 4) is 0 Å². The molecule has 22 heavy (non-hydrogen) atoms. The van der Waals surface area contributed by atoms with Crippen molar-refractivity contribution in [2.45, 2.75) is 32.4 Å². The fourth-order valence-corrected chi connectivity index (χ4v) is 3.39. The van der Waals surface area contributed by atoms with Gasteiger partial charge in [0.1, 0.15) is 0 Å². The van der Waals surface area contributed by atoms with Crippen LogP contribution >= 0.6 is 15.9 Å². The summed E-state index contributed by atoms with van der Waals surface area (Å²) in [5, 5.41) is 0. The molecule has 0 saturated carbocycles. The average molecular weight is 365 g/mol. The van der Waals surface area contributed by atoms with Crippen LogP contribution in [0.3, 0.4) is 0 Å². The summed E-state index contributed by atoms with van der Waals surface area (Å²) in [6.07, 6.45) is 2.97. The van der Waals surface area contributed by atoms with Crippen molar-refractivity contribution in [2.75, 3.05) is 13.6 Å². The van der Waals surface area contributed by atoms with Gasteiger partial charge in [-0.15, -0.1) is 0 Å². The fourth-order valence-electron chi connectivity index (χ4n) is 2.82. The zero-order chi connectivity index (χ0) is 16.3. The first kappa shape index (κ1) is 16.7. The minimum Gasteiger partial charge on any atom is -0.334 e. The van der Waals surface area contributed by atoms with E-state index in [2.05, 4.69) is 35.5 Å². The van der Waals surface area contributed by atoms with Crippen molar-refractivity contribution in [3.63, 3.8) is 0 Å². The zero-order valence-corrected chi connectivity index (χ0v) is 14.6. The third kappa shape index (κ3) is 3.40. The number of hydrogen-bond acceptors (Lipinski definition) is 2. The van der Waals surface area contributed by atoms with Gasteiger partial charge in [0, 0.05) is 24.1 Å². The fraction of sp³-hybridized carbons (Fsp3) is 0.412. The third-order valence-corrected chi connectivity index (χ3v) is 4.89. The smallest absolute Gasteiger partial charge is 0.246 e. The van der Waals surface area contributed by atoms with Gasteiger partial charge in [-0.25, -0.2) is 0 Å². The summed E-state index contributed by atoms with van der Waals surface area (Å²) in [6, 6.07) is 6.27. The monoisotopic (exact) mass is 364 g/mol. The van der Waals surface area contributed by atoms with Crippen LogP contribution in [0.2, 0.25) is 0 Å². The molecule has 0 radical (unpaired) electrons. The van der Waals surface area contributed by atoms with Crippen LogP contribution in [0.5, 0.6) is 0 Å². The molecule has 1 heterocycles. The topological polar surface area (TPSA) is 40.6 Å². The van der Waals surface area contributed by atoms with E-state index in [-0.39, 0.29) is 24.4 Å². The summed E-state index contributed by atoms with van der Waals surface area (Å²) in [5.41, 5.74) is 2.46. The van der Waals surface area contributed by atoms with Gasteiger partial charge in [0.25, 0.3) is 0 Å². The van der Waals surface area contributed by atoms with Gasteiger partial charge in [-0.1, -0.05) is 41.6 Å². The van der Waals surface area contributed by atoms with Gasteiger partial charge in [0.2, 0.25) is 11.8 Å². The number of rotatable bonds is 4. The van der Waals surface area contributed by atoms with Gasteiger partial charge in [0.05, 0.1) is 6.54 Å². The first-order valence-corrected chi connectivity index (χ1v) is 8.20. The molecule has 0 fully saturated rings. The lowest BCUT2D eigenvalue weighted by atomic mass is 9.92. The number of hydrogen-bond donors (Lipinski definition) is 0. The van der Waals surface area contributed by atoms with E-state index in [1.807, 2.05) is 17.0 Å². The molecule has 1 aromatic rings. The van der Waals surface area contributed by atoms with Crippen LogP contribution in [-0.2, 0) is 22.6 Å². The predicted molar refractivity (Wildman–Crippen MR) is 90.3 cm³/mol. The molecule has 2 amide bonds. The minimum absolute atomic E-state index is 0.0184. The molecule has 0 saturated heterocycles. The summed E-state index contributed by atoms with van der Waals surface area (Å²) in [5.74, 6) is -0.253. The Morgan fingerprint density at radius 1 is 1.50 bits per heavy atom. The molecule has 118 valence electrons. The first-order valence-electron chi connectivity index (χ1n) is 7.41. The minimum atomic E-state index is -0.235. The Morgan fingerprint density at radius 3 is 2.86 bits per heavy atom. The van der Waals surface area contributed by atoms with Crippen molar-refractivity contribution in [2.24, 2.45) is 0 Å². The molecule has 5 heteroatoms. The van der Waals surface area contributed by atoms with Gasteiger partial charge in [0.15, 0.2) is 0 Å².